The Morgan fingerprint density at radius 2 is 1.97 bits per heavy atom. The Balaban J connectivity index is 1.12. The Morgan fingerprint density at radius 1 is 1.18 bits per heavy atom. The Kier molecular flexibility index (Phi) is 6.34. The number of fused-ring (bicyclic) bond motifs is 3. The van der Waals surface area contributed by atoms with Gasteiger partial charge in [0.15, 0.2) is 5.13 Å². The number of aromatic carboxylic acids is 1. The lowest BCUT2D eigenvalue weighted by Crippen LogP contribution is -2.46. The Morgan fingerprint density at radius 3 is 2.69 bits per heavy atom. The molecule has 1 aliphatic carbocycles. The molecule has 39 heavy (non-hydrogen) atoms. The first kappa shape index (κ1) is 25.3. The second kappa shape index (κ2) is 9.77. The van der Waals surface area contributed by atoms with E-state index in [9.17, 15) is 9.90 Å². The minimum Gasteiger partial charge on any atom is -0.478 e. The molecule has 0 spiro atoms. The summed E-state index contributed by atoms with van der Waals surface area (Å²) >= 11 is 14.6. The van der Waals surface area contributed by atoms with Crippen LogP contribution in [0, 0.1) is 5.92 Å². The van der Waals surface area contributed by atoms with Gasteiger partial charge in [-0.25, -0.2) is 9.78 Å². The lowest BCUT2D eigenvalue weighted by molar-refractivity contribution is 0.0136. The molecule has 2 aromatic heterocycles. The molecule has 2 aromatic carbocycles. The zero-order chi connectivity index (χ0) is 26.8. The van der Waals surface area contributed by atoms with Crippen molar-refractivity contribution in [1.29, 1.82) is 0 Å². The Labute approximate surface area is 239 Å². The van der Waals surface area contributed by atoms with E-state index in [1.54, 1.807) is 29.5 Å². The fraction of sp³-hybridized carbons (Fsp3) is 0.414. The van der Waals surface area contributed by atoms with E-state index in [2.05, 4.69) is 17.0 Å². The largest absolute Gasteiger partial charge is 0.478 e. The number of carboxylic acid groups (broad SMARTS) is 1. The van der Waals surface area contributed by atoms with Crippen LogP contribution in [0.1, 0.15) is 66.6 Å². The molecule has 4 heterocycles. The van der Waals surface area contributed by atoms with Crippen LogP contribution in [-0.4, -0.2) is 39.4 Å². The average Bonchev–Trinajstić information content (AvgIpc) is 3.47. The fourth-order valence-electron chi connectivity index (χ4n) is 6.31. The second-order valence-electron chi connectivity index (χ2n) is 11.0. The summed E-state index contributed by atoms with van der Waals surface area (Å²) in [5, 5.41) is 15.8. The Bertz CT molecular complexity index is 1560. The summed E-state index contributed by atoms with van der Waals surface area (Å²) in [4.78, 5) is 18.8. The van der Waals surface area contributed by atoms with Gasteiger partial charge in [0.1, 0.15) is 11.5 Å². The monoisotopic (exact) mass is 583 g/mol. The van der Waals surface area contributed by atoms with E-state index < -0.39 is 5.97 Å². The number of nitrogens with zero attached hydrogens (tertiary/aromatic N) is 3. The van der Waals surface area contributed by atoms with Gasteiger partial charge in [-0.15, -0.1) is 0 Å². The first-order valence-electron chi connectivity index (χ1n) is 13.3. The van der Waals surface area contributed by atoms with Crippen molar-refractivity contribution in [2.24, 2.45) is 5.92 Å². The van der Waals surface area contributed by atoms with Crippen LogP contribution in [-0.2, 0) is 11.3 Å². The van der Waals surface area contributed by atoms with Gasteiger partial charge in [-0.3, -0.25) is 0 Å². The molecule has 7 rings (SSSR count). The van der Waals surface area contributed by atoms with Gasteiger partial charge in [-0.2, -0.15) is 0 Å². The van der Waals surface area contributed by atoms with Gasteiger partial charge in [0.05, 0.1) is 38.5 Å². The normalized spacial score (nSPS) is 24.5. The van der Waals surface area contributed by atoms with Gasteiger partial charge in [-0.05, 0) is 68.4 Å². The van der Waals surface area contributed by atoms with Crippen LogP contribution >= 0.6 is 34.5 Å². The molecule has 2 saturated heterocycles. The maximum Gasteiger partial charge on any atom is 0.335 e. The summed E-state index contributed by atoms with van der Waals surface area (Å²) in [6, 6.07) is 11.3. The van der Waals surface area contributed by atoms with E-state index in [-0.39, 0.29) is 11.7 Å². The highest BCUT2D eigenvalue weighted by Gasteiger charge is 2.46. The molecule has 4 atom stereocenters. The van der Waals surface area contributed by atoms with Crippen molar-refractivity contribution >= 4 is 55.9 Å². The molecule has 10 heteroatoms. The minimum absolute atomic E-state index is 0.103. The van der Waals surface area contributed by atoms with Crippen molar-refractivity contribution in [3.8, 4) is 11.3 Å². The molecule has 3 fully saturated rings. The van der Waals surface area contributed by atoms with Gasteiger partial charge in [0, 0.05) is 29.1 Å². The van der Waals surface area contributed by atoms with Crippen molar-refractivity contribution < 1.29 is 19.2 Å². The van der Waals surface area contributed by atoms with Crippen molar-refractivity contribution in [3.05, 3.63) is 63.3 Å². The Hall–Kier alpha value is -2.65. The van der Waals surface area contributed by atoms with Crippen LogP contribution in [0.2, 0.25) is 10.0 Å². The number of piperidine rings is 1. The average molecular weight is 585 g/mol. The smallest absolute Gasteiger partial charge is 0.335 e. The topological polar surface area (TPSA) is 88.7 Å². The highest BCUT2D eigenvalue weighted by molar-refractivity contribution is 7.22. The molecule has 2 aliphatic heterocycles. The van der Waals surface area contributed by atoms with E-state index in [1.807, 2.05) is 18.2 Å². The van der Waals surface area contributed by atoms with E-state index in [0.717, 1.165) is 58.8 Å². The zero-order valence-electron chi connectivity index (χ0n) is 21.3. The van der Waals surface area contributed by atoms with Crippen molar-refractivity contribution in [1.82, 2.24) is 10.1 Å². The fourth-order valence-corrected chi connectivity index (χ4v) is 8.02. The molecule has 0 radical (unpaired) electrons. The highest BCUT2D eigenvalue weighted by Crippen LogP contribution is 2.48. The van der Waals surface area contributed by atoms with Crippen molar-refractivity contribution in [2.75, 3.05) is 4.90 Å². The molecular weight excluding hydrogens is 557 g/mol. The van der Waals surface area contributed by atoms with Gasteiger partial charge in [-0.1, -0.05) is 52.7 Å². The SMILES string of the molecule is C[C@@H]1CC2CC(OCc3c(-c4c(Cl)cccc4Cl)noc3C3CC3)CC1N2c1nc2ccc(C(=O)O)cc2s1. The van der Waals surface area contributed by atoms with Gasteiger partial charge in [0.2, 0.25) is 0 Å². The molecule has 7 nitrogen and oxygen atoms in total. The second-order valence-corrected chi connectivity index (χ2v) is 12.8. The quantitative estimate of drug-likeness (QED) is 0.237. The maximum absolute atomic E-state index is 11.4. The first-order valence-corrected chi connectivity index (χ1v) is 14.9. The third-order valence-electron chi connectivity index (χ3n) is 8.37. The lowest BCUT2D eigenvalue weighted by atomic mass is 9.97. The first-order chi connectivity index (χ1) is 18.9. The number of carbonyl (C=O) groups is 1. The van der Waals surface area contributed by atoms with Crippen molar-refractivity contribution in [3.63, 3.8) is 0 Å². The lowest BCUT2D eigenvalue weighted by Gasteiger charge is -2.39. The number of hydrogen-bond acceptors (Lipinski definition) is 7. The summed E-state index contributed by atoms with van der Waals surface area (Å²) in [7, 11) is 0. The van der Waals surface area contributed by atoms with Crippen LogP contribution in [0.3, 0.4) is 0 Å². The van der Waals surface area contributed by atoms with Crippen LogP contribution < -0.4 is 4.90 Å². The zero-order valence-corrected chi connectivity index (χ0v) is 23.6. The summed E-state index contributed by atoms with van der Waals surface area (Å²) in [5.74, 6) is 0.867. The predicted molar refractivity (Wildman–Crippen MR) is 152 cm³/mol. The van der Waals surface area contributed by atoms with E-state index in [4.69, 9.17) is 37.4 Å². The predicted octanol–water partition coefficient (Wildman–Crippen LogP) is 7.80. The number of hydrogen-bond donors (Lipinski definition) is 1. The molecule has 3 aliphatic rings. The molecule has 2 bridgehead atoms. The summed E-state index contributed by atoms with van der Waals surface area (Å²) in [5.41, 5.74) is 3.46. The van der Waals surface area contributed by atoms with Gasteiger partial charge in [0.25, 0.3) is 0 Å². The third-order valence-corrected chi connectivity index (χ3v) is 10.0. The number of ether oxygens (including phenoxy) is 1. The number of rotatable bonds is 7. The summed E-state index contributed by atoms with van der Waals surface area (Å²) < 4.78 is 13.3. The molecular formula is C29H27Cl2N3O4S. The standard InChI is InChI=1S/C29H27Cl2N3O4S/c1-14-9-17-11-18(12-23(14)34(17)29-32-22-8-7-16(28(35)36)10-24(22)39-29)37-13-19-26(33-38-27(19)15-5-6-15)25-20(30)3-2-4-21(25)31/h2-4,7-8,10,14-15,17-18,23H,5-6,9,11-13H2,1H3,(H,35,36)/t14-,17?,18?,23?/m1/s1. The van der Waals surface area contributed by atoms with Crippen LogP contribution in [0.15, 0.2) is 40.9 Å². The molecule has 202 valence electrons. The molecule has 0 amide bonds. The van der Waals surface area contributed by atoms with Gasteiger partial charge >= 0.3 is 5.97 Å². The summed E-state index contributed by atoms with van der Waals surface area (Å²) in [6.45, 7) is 2.71. The number of carboxylic acids is 1. The number of benzene rings is 2. The van der Waals surface area contributed by atoms with Crippen LogP contribution in [0.25, 0.3) is 21.5 Å². The van der Waals surface area contributed by atoms with Crippen molar-refractivity contribution in [2.45, 2.75) is 69.7 Å². The van der Waals surface area contributed by atoms with Crippen LogP contribution in [0.4, 0.5) is 5.13 Å². The molecule has 1 saturated carbocycles. The molecule has 1 N–H and O–H groups in total. The van der Waals surface area contributed by atoms with E-state index in [1.165, 1.54) is 0 Å². The number of thiazole rings is 1. The minimum atomic E-state index is -0.920. The number of aromatic nitrogens is 2. The van der Waals surface area contributed by atoms with E-state index in [0.29, 0.717) is 51.8 Å². The molecule has 4 aromatic rings. The third kappa shape index (κ3) is 4.51. The maximum atomic E-state index is 11.4. The van der Waals surface area contributed by atoms with E-state index >= 15 is 0 Å². The van der Waals surface area contributed by atoms with Crippen LogP contribution in [0.5, 0.6) is 0 Å². The number of halogens is 2. The molecule has 3 unspecified atom stereocenters. The number of anilines is 1. The van der Waals surface area contributed by atoms with Gasteiger partial charge < -0.3 is 19.3 Å². The summed E-state index contributed by atoms with van der Waals surface area (Å²) in [6.07, 6.45) is 5.18. The highest BCUT2D eigenvalue weighted by atomic mass is 35.5.